The Morgan fingerprint density at radius 2 is 1.70 bits per heavy atom. The van der Waals surface area contributed by atoms with Crippen molar-refractivity contribution >= 4 is 11.9 Å². The first kappa shape index (κ1) is 21.8. The van der Waals surface area contributed by atoms with Gasteiger partial charge in [0.1, 0.15) is 0 Å². The van der Waals surface area contributed by atoms with E-state index in [0.717, 1.165) is 44.0 Å². The summed E-state index contributed by atoms with van der Waals surface area (Å²) in [7, 11) is 5.33. The Morgan fingerprint density at radius 1 is 1.03 bits per heavy atom. The molecule has 1 aliphatic rings. The molecule has 2 aromatic rings. The summed E-state index contributed by atoms with van der Waals surface area (Å²) in [6, 6.07) is 18.8. The van der Waals surface area contributed by atoms with Crippen LogP contribution in [-0.2, 0) is 13.1 Å². The van der Waals surface area contributed by atoms with Gasteiger partial charge in [0, 0.05) is 58.9 Å². The van der Waals surface area contributed by atoms with Crippen LogP contribution < -0.4 is 10.6 Å². The van der Waals surface area contributed by atoms with Crippen molar-refractivity contribution < 1.29 is 4.79 Å². The molecule has 0 aliphatic carbocycles. The van der Waals surface area contributed by atoms with Gasteiger partial charge in [0.05, 0.1) is 0 Å². The van der Waals surface area contributed by atoms with Crippen LogP contribution in [-0.4, -0.2) is 61.9 Å². The van der Waals surface area contributed by atoms with Crippen LogP contribution in [0.25, 0.3) is 0 Å². The molecule has 0 bridgehead atoms. The third kappa shape index (κ3) is 6.32. The lowest BCUT2D eigenvalue weighted by molar-refractivity contribution is 0.0827. The van der Waals surface area contributed by atoms with E-state index in [1.807, 2.05) is 24.3 Å². The van der Waals surface area contributed by atoms with Crippen LogP contribution in [0.15, 0.2) is 59.6 Å². The molecule has 30 heavy (non-hydrogen) atoms. The van der Waals surface area contributed by atoms with E-state index in [9.17, 15) is 4.79 Å². The Balaban J connectivity index is 1.42. The van der Waals surface area contributed by atoms with E-state index in [-0.39, 0.29) is 5.91 Å². The molecule has 0 aromatic heterocycles. The van der Waals surface area contributed by atoms with Crippen LogP contribution in [0.4, 0.5) is 0 Å². The number of aliphatic imine (C=N–C) groups is 1. The molecule has 0 saturated carbocycles. The molecule has 2 aromatic carbocycles. The van der Waals surface area contributed by atoms with E-state index < -0.39 is 0 Å². The van der Waals surface area contributed by atoms with Gasteiger partial charge >= 0.3 is 0 Å². The molecule has 1 saturated heterocycles. The van der Waals surface area contributed by atoms with E-state index in [1.165, 1.54) is 5.56 Å². The van der Waals surface area contributed by atoms with Gasteiger partial charge in [-0.15, -0.1) is 0 Å². The average Bonchev–Trinajstić information content (AvgIpc) is 2.78. The second-order valence-electron chi connectivity index (χ2n) is 8.00. The summed E-state index contributed by atoms with van der Waals surface area (Å²) in [6.07, 6.45) is 2.21. The van der Waals surface area contributed by atoms with Crippen LogP contribution >= 0.6 is 0 Å². The van der Waals surface area contributed by atoms with Crippen molar-refractivity contribution in [3.8, 4) is 0 Å². The van der Waals surface area contributed by atoms with Crippen molar-refractivity contribution in [2.45, 2.75) is 32.0 Å². The van der Waals surface area contributed by atoms with Crippen molar-refractivity contribution in [3.05, 3.63) is 71.3 Å². The number of carbonyl (C=O) groups excluding carboxylic acids is 1. The number of hydrogen-bond donors (Lipinski definition) is 2. The molecule has 1 aliphatic heterocycles. The zero-order valence-corrected chi connectivity index (χ0v) is 18.3. The number of hydrogen-bond acceptors (Lipinski definition) is 3. The maximum absolute atomic E-state index is 12.0. The molecular weight excluding hydrogens is 374 g/mol. The first-order valence-corrected chi connectivity index (χ1v) is 10.6. The monoisotopic (exact) mass is 407 g/mol. The van der Waals surface area contributed by atoms with Gasteiger partial charge in [0.2, 0.25) is 0 Å². The summed E-state index contributed by atoms with van der Waals surface area (Å²) >= 11 is 0. The predicted molar refractivity (Wildman–Crippen MR) is 123 cm³/mol. The van der Waals surface area contributed by atoms with Crippen molar-refractivity contribution in [3.63, 3.8) is 0 Å². The van der Waals surface area contributed by atoms with E-state index in [0.29, 0.717) is 18.2 Å². The zero-order chi connectivity index (χ0) is 21.3. The minimum absolute atomic E-state index is 0.0191. The first-order valence-electron chi connectivity index (χ1n) is 10.6. The van der Waals surface area contributed by atoms with Crippen LogP contribution in [0.3, 0.4) is 0 Å². The number of benzene rings is 2. The summed E-state index contributed by atoms with van der Waals surface area (Å²) in [6.45, 7) is 3.87. The molecule has 6 heteroatoms. The maximum atomic E-state index is 12.0. The van der Waals surface area contributed by atoms with Crippen LogP contribution in [0, 0.1) is 0 Å². The number of rotatable bonds is 6. The summed E-state index contributed by atoms with van der Waals surface area (Å²) < 4.78 is 0. The molecule has 0 atom stereocenters. The predicted octanol–water partition coefficient (Wildman–Crippen LogP) is 2.72. The topological polar surface area (TPSA) is 60.0 Å². The average molecular weight is 408 g/mol. The third-order valence-electron chi connectivity index (χ3n) is 5.47. The Kier molecular flexibility index (Phi) is 7.85. The van der Waals surface area contributed by atoms with Crippen LogP contribution in [0.2, 0.25) is 0 Å². The number of guanidine groups is 1. The summed E-state index contributed by atoms with van der Waals surface area (Å²) in [5, 5.41) is 6.94. The quantitative estimate of drug-likeness (QED) is 0.571. The molecule has 1 amide bonds. The summed E-state index contributed by atoms with van der Waals surface area (Å²) in [5.41, 5.74) is 3.19. The fourth-order valence-corrected chi connectivity index (χ4v) is 3.67. The van der Waals surface area contributed by atoms with Gasteiger partial charge in [-0.2, -0.15) is 0 Å². The third-order valence-corrected chi connectivity index (χ3v) is 5.47. The SMILES string of the molecule is CN=C(NCc1ccc(C(=O)N(C)C)cc1)NC1CCN(Cc2ccccc2)CC1. The van der Waals surface area contributed by atoms with Gasteiger partial charge in [-0.3, -0.25) is 14.7 Å². The summed E-state index contributed by atoms with van der Waals surface area (Å²) in [4.78, 5) is 20.5. The highest BCUT2D eigenvalue weighted by Crippen LogP contribution is 2.14. The number of amides is 1. The molecule has 0 radical (unpaired) electrons. The summed E-state index contributed by atoms with van der Waals surface area (Å²) in [5.74, 6) is 0.843. The first-order chi connectivity index (χ1) is 14.5. The zero-order valence-electron chi connectivity index (χ0n) is 18.3. The van der Waals surface area contributed by atoms with Gasteiger partial charge in [-0.05, 0) is 36.1 Å². The van der Waals surface area contributed by atoms with Gasteiger partial charge < -0.3 is 15.5 Å². The van der Waals surface area contributed by atoms with Gasteiger partial charge in [0.25, 0.3) is 5.91 Å². The number of carbonyl (C=O) groups is 1. The molecule has 1 heterocycles. The maximum Gasteiger partial charge on any atom is 0.253 e. The molecule has 0 unspecified atom stereocenters. The Hall–Kier alpha value is -2.86. The number of nitrogens with one attached hydrogen (secondary N) is 2. The molecule has 2 N–H and O–H groups in total. The second kappa shape index (κ2) is 10.8. The van der Waals surface area contributed by atoms with E-state index in [4.69, 9.17) is 0 Å². The van der Waals surface area contributed by atoms with Crippen LogP contribution in [0.1, 0.15) is 34.3 Å². The number of nitrogens with zero attached hydrogens (tertiary/aromatic N) is 3. The Labute approximate surface area is 180 Å². The van der Waals surface area contributed by atoms with Crippen molar-refractivity contribution in [1.29, 1.82) is 0 Å². The molecule has 1 fully saturated rings. The standard InChI is InChI=1S/C24H33N5O/c1-25-24(26-17-19-9-11-21(12-10-19)23(30)28(2)3)27-22-13-15-29(16-14-22)18-20-7-5-4-6-8-20/h4-12,22H,13-18H2,1-3H3,(H2,25,26,27). The molecule has 0 spiro atoms. The highest BCUT2D eigenvalue weighted by molar-refractivity contribution is 5.93. The molecule has 160 valence electrons. The van der Waals surface area contributed by atoms with E-state index in [1.54, 1.807) is 26.0 Å². The molecule has 6 nitrogen and oxygen atoms in total. The van der Waals surface area contributed by atoms with Gasteiger partial charge in [0.15, 0.2) is 5.96 Å². The largest absolute Gasteiger partial charge is 0.354 e. The normalized spacial score (nSPS) is 15.6. The van der Waals surface area contributed by atoms with E-state index >= 15 is 0 Å². The minimum Gasteiger partial charge on any atom is -0.354 e. The highest BCUT2D eigenvalue weighted by Gasteiger charge is 2.20. The Bertz CT molecular complexity index is 824. The smallest absolute Gasteiger partial charge is 0.253 e. The van der Waals surface area contributed by atoms with Gasteiger partial charge in [-0.1, -0.05) is 42.5 Å². The number of likely N-dealkylation sites (tertiary alicyclic amines) is 1. The Morgan fingerprint density at radius 3 is 2.30 bits per heavy atom. The van der Waals surface area contributed by atoms with Crippen LogP contribution in [0.5, 0.6) is 0 Å². The van der Waals surface area contributed by atoms with Crippen molar-refractivity contribution in [1.82, 2.24) is 20.4 Å². The fraction of sp³-hybridized carbons (Fsp3) is 0.417. The molecular formula is C24H33N5O. The van der Waals surface area contributed by atoms with Gasteiger partial charge in [-0.25, -0.2) is 0 Å². The lowest BCUT2D eigenvalue weighted by Crippen LogP contribution is -2.48. The van der Waals surface area contributed by atoms with E-state index in [2.05, 4.69) is 50.9 Å². The van der Waals surface area contributed by atoms with Crippen molar-refractivity contribution in [2.75, 3.05) is 34.2 Å². The lowest BCUT2D eigenvalue weighted by atomic mass is 10.0. The highest BCUT2D eigenvalue weighted by atomic mass is 16.2. The number of piperidine rings is 1. The van der Waals surface area contributed by atoms with Crippen molar-refractivity contribution in [2.24, 2.45) is 4.99 Å². The fourth-order valence-electron chi connectivity index (χ4n) is 3.67. The minimum atomic E-state index is 0.0191. The lowest BCUT2D eigenvalue weighted by Gasteiger charge is -2.33. The molecule has 3 rings (SSSR count). The second-order valence-corrected chi connectivity index (χ2v) is 8.00.